The van der Waals surface area contributed by atoms with Gasteiger partial charge >= 0.3 is 8.80 Å². The predicted octanol–water partition coefficient (Wildman–Crippen LogP) is 0.750. The minimum atomic E-state index is -2.49. The van der Waals surface area contributed by atoms with Crippen LogP contribution in [0, 0.1) is 0 Å². The van der Waals surface area contributed by atoms with Crippen LogP contribution in [0.25, 0.3) is 0 Å². The lowest BCUT2D eigenvalue weighted by Gasteiger charge is -2.24. The van der Waals surface area contributed by atoms with E-state index in [-0.39, 0.29) is 0 Å². The molecule has 0 bridgehead atoms. The van der Waals surface area contributed by atoms with E-state index in [1.54, 1.807) is 27.4 Å². The molecular formula is C13H29NO5Si. The standard InChI is InChI=1S/C13H29NO5Si/c1-6-8-14(2)11-13(15)12-19-9-7-10-20(16-3,17-4)18-5/h6,13,15H,1,7-12H2,2-5H3. The zero-order valence-corrected chi connectivity index (χ0v) is 14.1. The normalized spacial score (nSPS) is 13.7. The number of nitrogens with zero attached hydrogens (tertiary/aromatic N) is 1. The van der Waals surface area contributed by atoms with E-state index in [2.05, 4.69) is 6.58 Å². The summed E-state index contributed by atoms with van der Waals surface area (Å²) in [6.45, 7) is 5.85. The topological polar surface area (TPSA) is 60.4 Å². The predicted molar refractivity (Wildman–Crippen MR) is 80.7 cm³/mol. The fourth-order valence-corrected chi connectivity index (χ4v) is 3.56. The molecule has 0 amide bonds. The SMILES string of the molecule is C=CCN(C)CC(O)COCCC[Si](OC)(OC)OC. The first-order valence-corrected chi connectivity index (χ1v) is 8.67. The number of rotatable bonds is 13. The third-order valence-electron chi connectivity index (χ3n) is 2.98. The molecule has 0 spiro atoms. The van der Waals surface area contributed by atoms with Crippen LogP contribution in [-0.2, 0) is 18.0 Å². The average Bonchev–Trinajstić information content (AvgIpc) is 2.43. The molecule has 0 aliphatic rings. The van der Waals surface area contributed by atoms with Gasteiger partial charge in [-0.3, -0.25) is 0 Å². The first-order chi connectivity index (χ1) is 9.53. The summed E-state index contributed by atoms with van der Waals surface area (Å²) in [5.41, 5.74) is 0. The summed E-state index contributed by atoms with van der Waals surface area (Å²) in [5, 5.41) is 9.78. The maximum absolute atomic E-state index is 9.78. The van der Waals surface area contributed by atoms with Crippen LogP contribution in [0.1, 0.15) is 6.42 Å². The van der Waals surface area contributed by atoms with Crippen LogP contribution in [0.3, 0.4) is 0 Å². The van der Waals surface area contributed by atoms with Gasteiger partial charge in [-0.15, -0.1) is 6.58 Å². The second kappa shape index (κ2) is 11.4. The highest BCUT2D eigenvalue weighted by Gasteiger charge is 2.36. The number of ether oxygens (including phenoxy) is 1. The van der Waals surface area contributed by atoms with Gasteiger partial charge in [0.2, 0.25) is 0 Å². The molecule has 0 heterocycles. The maximum atomic E-state index is 9.78. The molecule has 6 nitrogen and oxygen atoms in total. The molecular weight excluding hydrogens is 278 g/mol. The molecule has 0 aromatic heterocycles. The van der Waals surface area contributed by atoms with Gasteiger partial charge in [0.25, 0.3) is 0 Å². The summed E-state index contributed by atoms with van der Waals surface area (Å²) in [6, 6.07) is 0.697. The zero-order chi connectivity index (χ0) is 15.4. The van der Waals surface area contributed by atoms with Crippen molar-refractivity contribution in [1.29, 1.82) is 0 Å². The molecule has 20 heavy (non-hydrogen) atoms. The van der Waals surface area contributed by atoms with Crippen LogP contribution < -0.4 is 0 Å². The van der Waals surface area contributed by atoms with Crippen molar-refractivity contribution in [3.05, 3.63) is 12.7 Å². The molecule has 1 unspecified atom stereocenters. The van der Waals surface area contributed by atoms with Gasteiger partial charge in [0.05, 0.1) is 12.7 Å². The number of aliphatic hydroxyl groups is 1. The van der Waals surface area contributed by atoms with Crippen LogP contribution in [0.5, 0.6) is 0 Å². The Morgan fingerprint density at radius 1 is 1.25 bits per heavy atom. The fourth-order valence-electron chi connectivity index (χ4n) is 1.87. The molecule has 0 aromatic rings. The van der Waals surface area contributed by atoms with E-state index in [0.29, 0.717) is 25.8 Å². The summed E-state index contributed by atoms with van der Waals surface area (Å²) in [5.74, 6) is 0. The lowest BCUT2D eigenvalue weighted by atomic mass is 10.3. The van der Waals surface area contributed by atoms with Gasteiger partial charge in [-0.05, 0) is 13.5 Å². The fraction of sp³-hybridized carbons (Fsp3) is 0.846. The summed E-state index contributed by atoms with van der Waals surface area (Å²) >= 11 is 0. The maximum Gasteiger partial charge on any atom is 0.500 e. The van der Waals surface area contributed by atoms with Crippen LogP contribution in [0.4, 0.5) is 0 Å². The minimum Gasteiger partial charge on any atom is -0.389 e. The van der Waals surface area contributed by atoms with E-state index >= 15 is 0 Å². The van der Waals surface area contributed by atoms with Crippen molar-refractivity contribution >= 4 is 8.80 Å². The van der Waals surface area contributed by atoms with E-state index in [9.17, 15) is 5.11 Å². The van der Waals surface area contributed by atoms with Gasteiger partial charge in [-0.2, -0.15) is 0 Å². The Hall–Kier alpha value is -0.283. The monoisotopic (exact) mass is 307 g/mol. The Morgan fingerprint density at radius 2 is 1.85 bits per heavy atom. The van der Waals surface area contributed by atoms with Crippen molar-refractivity contribution in [1.82, 2.24) is 4.90 Å². The molecule has 0 aliphatic heterocycles. The highest BCUT2D eigenvalue weighted by molar-refractivity contribution is 6.60. The van der Waals surface area contributed by atoms with Crippen molar-refractivity contribution in [2.24, 2.45) is 0 Å². The summed E-state index contributed by atoms with van der Waals surface area (Å²) in [4.78, 5) is 1.99. The van der Waals surface area contributed by atoms with Gasteiger partial charge in [-0.1, -0.05) is 6.08 Å². The van der Waals surface area contributed by atoms with Gasteiger partial charge < -0.3 is 28.0 Å². The van der Waals surface area contributed by atoms with Gasteiger partial charge in [0, 0.05) is 47.1 Å². The van der Waals surface area contributed by atoms with E-state index in [1.807, 2.05) is 11.9 Å². The van der Waals surface area contributed by atoms with Crippen LogP contribution >= 0.6 is 0 Å². The molecule has 1 atom stereocenters. The second-order valence-corrected chi connectivity index (χ2v) is 7.73. The number of hydrogen-bond acceptors (Lipinski definition) is 6. The number of likely N-dealkylation sites (N-methyl/N-ethyl adjacent to an activating group) is 1. The van der Waals surface area contributed by atoms with Crippen LogP contribution in [0.15, 0.2) is 12.7 Å². The molecule has 1 N–H and O–H groups in total. The van der Waals surface area contributed by atoms with Crippen molar-refractivity contribution in [2.75, 3.05) is 54.7 Å². The minimum absolute atomic E-state index is 0.322. The highest BCUT2D eigenvalue weighted by atomic mass is 28.4. The van der Waals surface area contributed by atoms with Gasteiger partial charge in [0.15, 0.2) is 0 Å². The Labute approximate surface area is 123 Å². The Morgan fingerprint density at radius 3 is 2.35 bits per heavy atom. The Balaban J connectivity index is 3.72. The molecule has 0 radical (unpaired) electrons. The largest absolute Gasteiger partial charge is 0.500 e. The molecule has 7 heteroatoms. The highest BCUT2D eigenvalue weighted by Crippen LogP contribution is 2.14. The molecule has 0 saturated carbocycles. The van der Waals surface area contributed by atoms with E-state index in [4.69, 9.17) is 18.0 Å². The quantitative estimate of drug-likeness (QED) is 0.308. The zero-order valence-electron chi connectivity index (χ0n) is 13.1. The molecule has 0 rings (SSSR count). The van der Waals surface area contributed by atoms with Gasteiger partial charge in [-0.25, -0.2) is 0 Å². The van der Waals surface area contributed by atoms with E-state index in [0.717, 1.165) is 13.0 Å². The molecule has 0 fully saturated rings. The van der Waals surface area contributed by atoms with Crippen molar-refractivity contribution in [3.63, 3.8) is 0 Å². The Kier molecular flexibility index (Phi) is 11.2. The smallest absolute Gasteiger partial charge is 0.389 e. The van der Waals surface area contributed by atoms with Crippen molar-refractivity contribution in [2.45, 2.75) is 18.6 Å². The van der Waals surface area contributed by atoms with E-state index in [1.165, 1.54) is 0 Å². The lowest BCUT2D eigenvalue weighted by molar-refractivity contribution is 0.0211. The molecule has 0 aliphatic carbocycles. The molecule has 120 valence electrons. The van der Waals surface area contributed by atoms with Crippen LogP contribution in [-0.4, -0.2) is 79.6 Å². The molecule has 0 aromatic carbocycles. The van der Waals surface area contributed by atoms with Crippen molar-refractivity contribution < 1.29 is 23.1 Å². The number of aliphatic hydroxyl groups excluding tert-OH is 1. The summed E-state index contributed by atoms with van der Waals surface area (Å²) in [7, 11) is 4.23. The number of hydrogen-bond donors (Lipinski definition) is 1. The van der Waals surface area contributed by atoms with Crippen LogP contribution in [0.2, 0.25) is 6.04 Å². The third-order valence-corrected chi connectivity index (χ3v) is 5.81. The first-order valence-electron chi connectivity index (χ1n) is 6.74. The lowest BCUT2D eigenvalue weighted by Crippen LogP contribution is -2.42. The van der Waals surface area contributed by atoms with E-state index < -0.39 is 14.9 Å². The first kappa shape index (κ1) is 19.7. The molecule has 0 saturated heterocycles. The Bertz CT molecular complexity index is 243. The van der Waals surface area contributed by atoms with Crippen molar-refractivity contribution in [3.8, 4) is 0 Å². The average molecular weight is 307 g/mol. The summed E-state index contributed by atoms with van der Waals surface area (Å²) < 4.78 is 21.4. The van der Waals surface area contributed by atoms with Gasteiger partial charge in [0.1, 0.15) is 0 Å². The summed E-state index contributed by atoms with van der Waals surface area (Å²) in [6.07, 6.45) is 2.09. The second-order valence-electron chi connectivity index (χ2n) is 4.64. The third kappa shape index (κ3) is 8.10.